The summed E-state index contributed by atoms with van der Waals surface area (Å²) < 4.78 is 0. The number of carbonyl (C=O) groups is 3. The monoisotopic (exact) mass is 297 g/mol. The number of carboxylic acids is 3. The van der Waals surface area contributed by atoms with Gasteiger partial charge in [0.15, 0.2) is 0 Å². The zero-order chi connectivity index (χ0) is 10.6. The van der Waals surface area contributed by atoms with Gasteiger partial charge in [-0.2, -0.15) is 0 Å². The normalized spacial score (nSPS) is 9.40. The molecule has 15 heavy (non-hydrogen) atoms. The molecule has 0 amide bonds. The van der Waals surface area contributed by atoms with E-state index in [1.165, 1.54) is 0 Å². The molecule has 9 heteroatoms. The number of carboxylic acid groups (broad SMARTS) is 3. The van der Waals surface area contributed by atoms with Crippen molar-refractivity contribution in [2.75, 3.05) is 0 Å². The molecule has 0 saturated heterocycles. The second kappa shape index (κ2) is 7.50. The molecule has 0 aliphatic carbocycles. The molecular formula is C6H9NO7Zr+2. The standard InChI is InChI=1S/C6H8O7.H3N.Zr/c7-3(8)1-6(13,5(11)12)2-4(9)10;;/h13H,1-2H2,(H,7,8)(H,9,10)(H,11,12);1H3;/q;;+4/p-2. The van der Waals surface area contributed by atoms with Gasteiger partial charge in [-0.1, -0.05) is 0 Å². The van der Waals surface area contributed by atoms with E-state index in [9.17, 15) is 29.7 Å². The van der Waals surface area contributed by atoms with E-state index in [-0.39, 0.29) is 32.4 Å². The number of hydrogen-bond acceptors (Lipinski definition) is 7. The van der Waals surface area contributed by atoms with Crippen LogP contribution in [0.4, 0.5) is 0 Å². The Hall–Kier alpha value is -0.787. The van der Waals surface area contributed by atoms with Crippen molar-refractivity contribution in [3.8, 4) is 0 Å². The van der Waals surface area contributed by atoms with E-state index in [2.05, 4.69) is 0 Å². The molecule has 5 N–H and O–H groups in total. The van der Waals surface area contributed by atoms with Crippen molar-refractivity contribution in [2.24, 2.45) is 0 Å². The van der Waals surface area contributed by atoms with E-state index in [0.29, 0.717) is 0 Å². The van der Waals surface area contributed by atoms with Gasteiger partial charge in [-0.3, -0.25) is 0 Å². The molecule has 82 valence electrons. The molecule has 0 radical (unpaired) electrons. The predicted octanol–water partition coefficient (Wildman–Crippen LogP) is -4.88. The van der Waals surface area contributed by atoms with Crippen LogP contribution in [-0.4, -0.2) is 28.6 Å². The molecule has 8 nitrogen and oxygen atoms in total. The largest absolute Gasteiger partial charge is 4.00 e. The van der Waals surface area contributed by atoms with Crippen LogP contribution in [0.2, 0.25) is 0 Å². The molecule has 0 aromatic heterocycles. The van der Waals surface area contributed by atoms with Crippen LogP contribution in [0.5, 0.6) is 0 Å². The Balaban J connectivity index is -0.000000720. The first-order valence-electron chi connectivity index (χ1n) is 3.11. The first-order valence-corrected chi connectivity index (χ1v) is 3.11. The first kappa shape index (κ1) is 19.7. The van der Waals surface area contributed by atoms with Crippen LogP contribution in [0, 0.1) is 0 Å². The minimum atomic E-state index is -2.97. The number of hydrogen-bond donors (Lipinski definition) is 2. The van der Waals surface area contributed by atoms with Crippen molar-refractivity contribution >= 4 is 17.9 Å². The Bertz CT molecular complexity index is 238. The van der Waals surface area contributed by atoms with Gasteiger partial charge in [0.1, 0.15) is 5.60 Å². The minimum Gasteiger partial charge on any atom is -0.550 e. The van der Waals surface area contributed by atoms with E-state index in [1.807, 2.05) is 0 Å². The molecule has 0 rings (SSSR count). The Morgan fingerprint density at radius 3 is 1.40 bits per heavy atom. The molecule has 0 bridgehead atoms. The Labute approximate surface area is 104 Å². The quantitative estimate of drug-likeness (QED) is 0.510. The molecule has 0 fully saturated rings. The van der Waals surface area contributed by atoms with E-state index in [0.717, 1.165) is 0 Å². The summed E-state index contributed by atoms with van der Waals surface area (Å²) in [5.41, 5.74) is -2.97. The Morgan fingerprint density at radius 2 is 1.27 bits per heavy atom. The topological polar surface area (TPSA) is 177 Å². The van der Waals surface area contributed by atoms with Crippen molar-refractivity contribution in [2.45, 2.75) is 18.4 Å². The molecule has 0 atom stereocenters. The molecule has 0 heterocycles. The van der Waals surface area contributed by atoms with Crippen molar-refractivity contribution in [3.05, 3.63) is 0 Å². The van der Waals surface area contributed by atoms with Gasteiger partial charge >= 0.3 is 26.2 Å². The number of rotatable bonds is 5. The number of aliphatic hydroxyl groups is 1. The van der Waals surface area contributed by atoms with Gasteiger partial charge in [-0.15, -0.1) is 0 Å². The summed E-state index contributed by atoms with van der Waals surface area (Å²) in [7, 11) is 0. The predicted molar refractivity (Wildman–Crippen MR) is 35.2 cm³/mol. The molecule has 0 aromatic carbocycles. The van der Waals surface area contributed by atoms with Crippen molar-refractivity contribution in [1.29, 1.82) is 0 Å². The van der Waals surface area contributed by atoms with Gasteiger partial charge in [-0.25, -0.2) is 0 Å². The fraction of sp³-hybridized carbons (Fsp3) is 0.500. The molecule has 0 saturated carbocycles. The zero-order valence-electron chi connectivity index (χ0n) is 7.81. The van der Waals surface area contributed by atoms with Gasteiger partial charge in [0, 0.05) is 24.8 Å². The van der Waals surface area contributed by atoms with E-state index < -0.39 is 36.4 Å². The minimum absolute atomic E-state index is 0. The third kappa shape index (κ3) is 7.18. The maximum Gasteiger partial charge on any atom is 4.00 e. The second-order valence-electron chi connectivity index (χ2n) is 2.42. The Morgan fingerprint density at radius 1 is 1.00 bits per heavy atom. The van der Waals surface area contributed by atoms with Crippen LogP contribution in [0.15, 0.2) is 0 Å². The average Bonchev–Trinajstić information content (AvgIpc) is 1.82. The fourth-order valence-electron chi connectivity index (χ4n) is 0.684. The van der Waals surface area contributed by atoms with Crippen molar-refractivity contribution in [3.63, 3.8) is 0 Å². The first-order chi connectivity index (χ1) is 5.78. The van der Waals surface area contributed by atoms with Gasteiger partial charge in [0.2, 0.25) is 0 Å². The van der Waals surface area contributed by atoms with Crippen molar-refractivity contribution < 1.29 is 61.0 Å². The van der Waals surface area contributed by atoms with Gasteiger partial charge in [0.05, 0.1) is 5.97 Å². The smallest absolute Gasteiger partial charge is 0.550 e. The summed E-state index contributed by atoms with van der Waals surface area (Å²) >= 11 is 0. The van der Waals surface area contributed by atoms with Crippen molar-refractivity contribution in [1.82, 2.24) is 6.15 Å². The summed E-state index contributed by atoms with van der Waals surface area (Å²) in [5.74, 6) is -5.98. The summed E-state index contributed by atoms with van der Waals surface area (Å²) in [6.07, 6.45) is -2.72. The number of quaternary nitrogens is 1. The molecule has 0 unspecified atom stereocenters. The fourth-order valence-corrected chi connectivity index (χ4v) is 0.684. The third-order valence-corrected chi connectivity index (χ3v) is 1.25. The van der Waals surface area contributed by atoms with Crippen LogP contribution < -0.4 is 21.5 Å². The van der Waals surface area contributed by atoms with Crippen LogP contribution in [0.1, 0.15) is 12.8 Å². The molecule has 0 aromatic rings. The van der Waals surface area contributed by atoms with Crippen LogP contribution in [0.25, 0.3) is 0 Å². The van der Waals surface area contributed by atoms with E-state index in [4.69, 9.17) is 5.11 Å². The van der Waals surface area contributed by atoms with Gasteiger partial charge in [-0.05, 0) is 0 Å². The molecule has 0 spiro atoms. The molecular weight excluding hydrogens is 289 g/mol. The third-order valence-electron chi connectivity index (χ3n) is 1.25. The summed E-state index contributed by atoms with van der Waals surface area (Å²) in [5, 5.41) is 38.9. The summed E-state index contributed by atoms with van der Waals surface area (Å²) in [4.78, 5) is 30.0. The van der Waals surface area contributed by atoms with Gasteiger partial charge in [0.25, 0.3) is 0 Å². The summed E-state index contributed by atoms with van der Waals surface area (Å²) in [6, 6.07) is 0. The maximum absolute atomic E-state index is 10.1. The average molecular weight is 298 g/mol. The van der Waals surface area contributed by atoms with Crippen LogP contribution >= 0.6 is 0 Å². The number of carbonyl (C=O) groups excluding carboxylic acids is 3. The zero-order valence-corrected chi connectivity index (χ0v) is 10.3. The second-order valence-corrected chi connectivity index (χ2v) is 2.42. The van der Waals surface area contributed by atoms with E-state index in [1.54, 1.807) is 0 Å². The maximum atomic E-state index is 10.1. The van der Waals surface area contributed by atoms with Gasteiger partial charge < -0.3 is 41.0 Å². The summed E-state index contributed by atoms with van der Waals surface area (Å²) in [6.45, 7) is 0. The van der Waals surface area contributed by atoms with Crippen LogP contribution in [-0.2, 0) is 40.6 Å². The molecule has 0 aliphatic rings. The van der Waals surface area contributed by atoms with E-state index >= 15 is 0 Å². The Kier molecular flexibility index (Phi) is 9.86. The van der Waals surface area contributed by atoms with Crippen LogP contribution in [0.3, 0.4) is 0 Å². The SMILES string of the molecule is O=C([O-])CC(O)(CC(=O)[O-])C(=O)[O-].[NH4+].[Zr+4]. The molecule has 0 aliphatic heterocycles. The number of aliphatic carboxylic acids is 3.